The van der Waals surface area contributed by atoms with Crippen molar-refractivity contribution in [3.8, 4) is 0 Å². The molecule has 2 N–H and O–H groups in total. The lowest BCUT2D eigenvalue weighted by molar-refractivity contribution is -0.137. The van der Waals surface area contributed by atoms with E-state index in [0.717, 1.165) is 23.0 Å². The van der Waals surface area contributed by atoms with Crippen LogP contribution in [-0.2, 0) is 6.18 Å². The molecule has 0 spiro atoms. The number of anilines is 1. The third-order valence-corrected chi connectivity index (χ3v) is 3.41. The van der Waals surface area contributed by atoms with Crippen LogP contribution < -0.4 is 5.73 Å². The Morgan fingerprint density at radius 3 is 2.36 bits per heavy atom. The van der Waals surface area contributed by atoms with Gasteiger partial charge in [-0.2, -0.15) is 13.2 Å². The summed E-state index contributed by atoms with van der Waals surface area (Å²) in [5, 5.41) is 1.01. The Labute approximate surface area is 125 Å². The summed E-state index contributed by atoms with van der Waals surface area (Å²) in [4.78, 5) is 0. The highest BCUT2D eigenvalue weighted by atomic mass is 19.4. The van der Waals surface area contributed by atoms with Gasteiger partial charge in [-0.3, -0.25) is 0 Å². The molecular formula is C17H13F3N2. The quantitative estimate of drug-likeness (QED) is 0.673. The van der Waals surface area contributed by atoms with Gasteiger partial charge in [-0.25, -0.2) is 0 Å². The van der Waals surface area contributed by atoms with Crippen LogP contribution in [0.5, 0.6) is 0 Å². The molecule has 3 aromatic rings. The molecule has 0 fully saturated rings. The van der Waals surface area contributed by atoms with Crippen molar-refractivity contribution in [1.29, 1.82) is 0 Å². The van der Waals surface area contributed by atoms with Crippen LogP contribution in [0.1, 0.15) is 11.1 Å². The van der Waals surface area contributed by atoms with Gasteiger partial charge in [0.1, 0.15) is 0 Å². The first kappa shape index (κ1) is 14.3. The van der Waals surface area contributed by atoms with Crippen molar-refractivity contribution in [2.75, 3.05) is 5.73 Å². The molecule has 0 amide bonds. The Morgan fingerprint density at radius 1 is 0.955 bits per heavy atom. The number of nitrogen functional groups attached to an aromatic ring is 1. The molecule has 0 atom stereocenters. The Hall–Kier alpha value is -2.69. The number of alkyl halides is 3. The summed E-state index contributed by atoms with van der Waals surface area (Å²) >= 11 is 0. The van der Waals surface area contributed by atoms with Crippen LogP contribution in [0.15, 0.2) is 54.7 Å². The summed E-state index contributed by atoms with van der Waals surface area (Å²) < 4.78 is 39.4. The molecule has 22 heavy (non-hydrogen) atoms. The minimum Gasteiger partial charge on any atom is -0.399 e. The van der Waals surface area contributed by atoms with Crippen molar-refractivity contribution >= 4 is 28.9 Å². The predicted octanol–water partition coefficient (Wildman–Crippen LogP) is 4.87. The lowest BCUT2D eigenvalue weighted by atomic mass is 10.1. The molecule has 3 rings (SSSR count). The molecule has 0 radical (unpaired) electrons. The molecule has 0 aliphatic heterocycles. The molecule has 5 heteroatoms. The molecule has 0 aliphatic carbocycles. The van der Waals surface area contributed by atoms with Gasteiger partial charge < -0.3 is 10.3 Å². The Kier molecular flexibility index (Phi) is 3.41. The third-order valence-electron chi connectivity index (χ3n) is 3.41. The first-order valence-corrected chi connectivity index (χ1v) is 6.65. The second-order valence-corrected chi connectivity index (χ2v) is 4.98. The summed E-state index contributed by atoms with van der Waals surface area (Å²) in [5.74, 6) is 0. The fraction of sp³-hybridized carbons (Fsp3) is 0.0588. The molecule has 2 nitrogen and oxygen atoms in total. The zero-order chi connectivity index (χ0) is 15.7. The van der Waals surface area contributed by atoms with Crippen molar-refractivity contribution in [2.45, 2.75) is 6.18 Å². The van der Waals surface area contributed by atoms with Crippen LogP contribution in [-0.4, -0.2) is 4.57 Å². The fourth-order valence-corrected chi connectivity index (χ4v) is 2.26. The number of halogens is 3. The molecule has 0 saturated heterocycles. The maximum atomic E-state index is 12.5. The topological polar surface area (TPSA) is 30.9 Å². The summed E-state index contributed by atoms with van der Waals surface area (Å²) in [7, 11) is 0. The monoisotopic (exact) mass is 302 g/mol. The molecular weight excluding hydrogens is 289 g/mol. The molecule has 0 aliphatic rings. The van der Waals surface area contributed by atoms with Gasteiger partial charge in [0.05, 0.1) is 11.1 Å². The van der Waals surface area contributed by atoms with Gasteiger partial charge in [-0.15, -0.1) is 0 Å². The smallest absolute Gasteiger partial charge is 0.399 e. The number of nitrogens with two attached hydrogens (primary N) is 1. The number of aromatic nitrogens is 1. The van der Waals surface area contributed by atoms with Crippen molar-refractivity contribution in [2.24, 2.45) is 0 Å². The van der Waals surface area contributed by atoms with E-state index in [9.17, 15) is 13.2 Å². The molecule has 1 heterocycles. The largest absolute Gasteiger partial charge is 0.416 e. The van der Waals surface area contributed by atoms with Gasteiger partial charge in [-0.05, 0) is 48.0 Å². The van der Waals surface area contributed by atoms with E-state index in [2.05, 4.69) is 0 Å². The van der Waals surface area contributed by atoms with Crippen LogP contribution in [0.25, 0.3) is 23.2 Å². The van der Waals surface area contributed by atoms with Gasteiger partial charge in [0, 0.05) is 23.5 Å². The number of hydrogen-bond donors (Lipinski definition) is 1. The van der Waals surface area contributed by atoms with Crippen LogP contribution >= 0.6 is 0 Å². The van der Waals surface area contributed by atoms with Crippen molar-refractivity contribution < 1.29 is 13.2 Å². The molecule has 112 valence electrons. The molecule has 0 unspecified atom stereocenters. The van der Waals surface area contributed by atoms with Crippen molar-refractivity contribution in [3.63, 3.8) is 0 Å². The molecule has 0 saturated carbocycles. The van der Waals surface area contributed by atoms with Crippen molar-refractivity contribution in [3.05, 3.63) is 65.9 Å². The normalized spacial score (nSPS) is 12.3. The van der Waals surface area contributed by atoms with Crippen molar-refractivity contribution in [1.82, 2.24) is 4.57 Å². The van der Waals surface area contributed by atoms with E-state index in [1.165, 1.54) is 12.1 Å². The van der Waals surface area contributed by atoms with Crippen LogP contribution in [0, 0.1) is 0 Å². The van der Waals surface area contributed by atoms with E-state index < -0.39 is 11.7 Å². The zero-order valence-electron chi connectivity index (χ0n) is 11.5. The third kappa shape index (κ3) is 2.83. The summed E-state index contributed by atoms with van der Waals surface area (Å²) in [5.41, 5.74) is 7.46. The standard InChI is InChI=1S/C17H13F3N2/c18-17(19,20)14-3-1-12(2-4-14)7-9-22-10-8-13-11-15(21)5-6-16(13)22/h1-11H,21H2/b9-7+. The second kappa shape index (κ2) is 5.26. The van der Waals surface area contributed by atoms with Gasteiger partial charge >= 0.3 is 6.18 Å². The molecule has 0 bridgehead atoms. The Balaban J connectivity index is 1.86. The second-order valence-electron chi connectivity index (χ2n) is 4.98. The highest BCUT2D eigenvalue weighted by molar-refractivity contribution is 5.85. The maximum Gasteiger partial charge on any atom is 0.416 e. The summed E-state index contributed by atoms with van der Waals surface area (Å²) in [6, 6.07) is 12.6. The average Bonchev–Trinajstić information content (AvgIpc) is 2.87. The minimum absolute atomic E-state index is 0.647. The first-order chi connectivity index (χ1) is 10.4. The number of hydrogen-bond acceptors (Lipinski definition) is 1. The van der Waals surface area contributed by atoms with E-state index in [-0.39, 0.29) is 0 Å². The summed E-state index contributed by atoms with van der Waals surface area (Å²) in [6.45, 7) is 0. The van der Waals surface area contributed by atoms with Crippen LogP contribution in [0.2, 0.25) is 0 Å². The SMILES string of the molecule is Nc1ccc2c(ccn2/C=C/c2ccc(C(F)(F)F)cc2)c1. The van der Waals surface area contributed by atoms with Gasteiger partial charge in [-0.1, -0.05) is 12.1 Å². The van der Waals surface area contributed by atoms with E-state index in [1.807, 2.05) is 35.0 Å². The van der Waals surface area contributed by atoms with Crippen LogP contribution in [0.3, 0.4) is 0 Å². The molecule has 1 aromatic heterocycles. The lowest BCUT2D eigenvalue weighted by Crippen LogP contribution is -2.03. The lowest BCUT2D eigenvalue weighted by Gasteiger charge is -2.06. The fourth-order valence-electron chi connectivity index (χ4n) is 2.26. The first-order valence-electron chi connectivity index (χ1n) is 6.65. The Morgan fingerprint density at radius 2 is 1.68 bits per heavy atom. The Bertz CT molecular complexity index is 827. The van der Waals surface area contributed by atoms with E-state index in [0.29, 0.717) is 11.3 Å². The van der Waals surface area contributed by atoms with Gasteiger partial charge in [0.2, 0.25) is 0 Å². The predicted molar refractivity (Wildman–Crippen MR) is 83.0 cm³/mol. The van der Waals surface area contributed by atoms with E-state index >= 15 is 0 Å². The average molecular weight is 302 g/mol. The zero-order valence-corrected chi connectivity index (χ0v) is 11.5. The van der Waals surface area contributed by atoms with Crippen LogP contribution in [0.4, 0.5) is 18.9 Å². The maximum absolute atomic E-state index is 12.5. The van der Waals surface area contributed by atoms with Gasteiger partial charge in [0.15, 0.2) is 0 Å². The number of rotatable bonds is 2. The minimum atomic E-state index is -4.31. The highest BCUT2D eigenvalue weighted by Gasteiger charge is 2.29. The molecule has 2 aromatic carbocycles. The number of benzene rings is 2. The number of nitrogens with zero attached hydrogens (tertiary/aromatic N) is 1. The highest BCUT2D eigenvalue weighted by Crippen LogP contribution is 2.29. The van der Waals surface area contributed by atoms with E-state index in [4.69, 9.17) is 5.73 Å². The number of fused-ring (bicyclic) bond motifs is 1. The van der Waals surface area contributed by atoms with Gasteiger partial charge in [0.25, 0.3) is 0 Å². The van der Waals surface area contributed by atoms with E-state index in [1.54, 1.807) is 12.3 Å². The summed E-state index contributed by atoms with van der Waals surface area (Å²) in [6.07, 6.45) is 1.14.